The van der Waals surface area contributed by atoms with Gasteiger partial charge in [0.15, 0.2) is 6.23 Å². The Hall–Kier alpha value is -0.660. The van der Waals surface area contributed by atoms with E-state index in [4.69, 9.17) is 4.74 Å². The highest BCUT2D eigenvalue weighted by Crippen LogP contribution is 2.15. The van der Waals surface area contributed by atoms with Crippen molar-refractivity contribution in [3.05, 3.63) is 12.0 Å². The Morgan fingerprint density at radius 2 is 2.33 bits per heavy atom. The van der Waals surface area contributed by atoms with E-state index in [1.807, 2.05) is 13.1 Å². The molecule has 1 aliphatic rings. The molecule has 0 fully saturated rings. The zero-order valence-electron chi connectivity index (χ0n) is 6.14. The van der Waals surface area contributed by atoms with Crippen LogP contribution in [0, 0.1) is 5.92 Å². The van der Waals surface area contributed by atoms with Crippen molar-refractivity contribution in [2.75, 3.05) is 0 Å². The molecular formula is C7H13NO. The number of hydrogen-bond donors (Lipinski definition) is 1. The summed E-state index contributed by atoms with van der Waals surface area (Å²) in [5.74, 6) is 1.56. The first kappa shape index (κ1) is 6.46. The Bertz CT molecular complexity index is 129. The number of rotatable bonds is 1. The van der Waals surface area contributed by atoms with Crippen molar-refractivity contribution < 1.29 is 4.74 Å². The van der Waals surface area contributed by atoms with Crippen molar-refractivity contribution in [2.24, 2.45) is 5.92 Å². The monoisotopic (exact) mass is 127 g/mol. The molecule has 1 aliphatic heterocycles. The molecule has 0 aromatic rings. The van der Waals surface area contributed by atoms with Crippen molar-refractivity contribution in [2.45, 2.75) is 27.0 Å². The number of nitrogens with one attached hydrogen (secondary N) is 1. The van der Waals surface area contributed by atoms with E-state index in [0.717, 1.165) is 5.76 Å². The summed E-state index contributed by atoms with van der Waals surface area (Å²) in [6, 6.07) is 0. The average Bonchev–Trinajstić information content (AvgIpc) is 2.14. The average molecular weight is 127 g/mol. The third-order valence-corrected chi connectivity index (χ3v) is 1.34. The molecule has 0 spiro atoms. The van der Waals surface area contributed by atoms with Gasteiger partial charge in [-0.2, -0.15) is 0 Å². The molecule has 1 rings (SSSR count). The predicted octanol–water partition coefficient (Wildman–Crippen LogP) is 1.45. The van der Waals surface area contributed by atoms with Crippen molar-refractivity contribution in [1.82, 2.24) is 5.32 Å². The van der Waals surface area contributed by atoms with Crippen LogP contribution in [0.2, 0.25) is 0 Å². The Labute approximate surface area is 55.9 Å². The molecule has 1 unspecified atom stereocenters. The van der Waals surface area contributed by atoms with Gasteiger partial charge in [0, 0.05) is 12.1 Å². The zero-order chi connectivity index (χ0) is 6.85. The van der Waals surface area contributed by atoms with Gasteiger partial charge in [-0.05, 0) is 6.92 Å². The molecule has 0 aromatic carbocycles. The van der Waals surface area contributed by atoms with Crippen LogP contribution in [-0.2, 0) is 4.74 Å². The largest absolute Gasteiger partial charge is 0.474 e. The first-order valence-electron chi connectivity index (χ1n) is 3.33. The molecule has 52 valence electrons. The Balaban J connectivity index is 2.45. The van der Waals surface area contributed by atoms with Crippen molar-refractivity contribution in [3.63, 3.8) is 0 Å². The Morgan fingerprint density at radius 1 is 1.67 bits per heavy atom. The molecule has 0 saturated heterocycles. The minimum Gasteiger partial charge on any atom is -0.474 e. The molecule has 1 heterocycles. The second-order valence-corrected chi connectivity index (χ2v) is 2.63. The van der Waals surface area contributed by atoms with Crippen LogP contribution < -0.4 is 5.32 Å². The van der Waals surface area contributed by atoms with Gasteiger partial charge in [-0.3, -0.25) is 0 Å². The fraction of sp³-hybridized carbons (Fsp3) is 0.714. The van der Waals surface area contributed by atoms with Gasteiger partial charge in [0.2, 0.25) is 0 Å². The van der Waals surface area contributed by atoms with Gasteiger partial charge in [0.1, 0.15) is 5.76 Å². The van der Waals surface area contributed by atoms with Crippen LogP contribution in [0.4, 0.5) is 0 Å². The first-order valence-corrected chi connectivity index (χ1v) is 3.33. The molecule has 0 aromatic heterocycles. The molecular weight excluding hydrogens is 114 g/mol. The van der Waals surface area contributed by atoms with Crippen LogP contribution in [0.15, 0.2) is 12.0 Å². The van der Waals surface area contributed by atoms with E-state index in [0.29, 0.717) is 5.92 Å². The van der Waals surface area contributed by atoms with E-state index in [9.17, 15) is 0 Å². The first-order chi connectivity index (χ1) is 4.20. The fourth-order valence-corrected chi connectivity index (χ4v) is 0.774. The lowest BCUT2D eigenvalue weighted by molar-refractivity contribution is 0.126. The quantitative estimate of drug-likeness (QED) is 0.575. The maximum Gasteiger partial charge on any atom is 0.166 e. The summed E-state index contributed by atoms with van der Waals surface area (Å²) in [6.45, 7) is 6.23. The normalized spacial score (nSPS) is 25.3. The summed E-state index contributed by atoms with van der Waals surface area (Å²) >= 11 is 0. The van der Waals surface area contributed by atoms with Crippen LogP contribution in [0.25, 0.3) is 0 Å². The van der Waals surface area contributed by atoms with Crippen LogP contribution in [0.5, 0.6) is 0 Å². The van der Waals surface area contributed by atoms with E-state index in [2.05, 4.69) is 19.2 Å². The van der Waals surface area contributed by atoms with Crippen LogP contribution >= 0.6 is 0 Å². The van der Waals surface area contributed by atoms with E-state index in [1.165, 1.54) is 0 Å². The maximum atomic E-state index is 5.37. The minimum atomic E-state index is 0.169. The minimum absolute atomic E-state index is 0.169. The van der Waals surface area contributed by atoms with Crippen LogP contribution in [-0.4, -0.2) is 6.23 Å². The van der Waals surface area contributed by atoms with Gasteiger partial charge in [-0.15, -0.1) is 0 Å². The molecule has 2 nitrogen and oxygen atoms in total. The molecule has 0 amide bonds. The molecule has 1 atom stereocenters. The lowest BCUT2D eigenvalue weighted by Gasteiger charge is -2.08. The lowest BCUT2D eigenvalue weighted by atomic mass is 10.2. The van der Waals surface area contributed by atoms with Gasteiger partial charge in [0.25, 0.3) is 0 Å². The number of allylic oxidation sites excluding steroid dienone is 1. The summed E-state index contributed by atoms with van der Waals surface area (Å²) in [4.78, 5) is 0. The summed E-state index contributed by atoms with van der Waals surface area (Å²) in [5, 5.41) is 3.07. The van der Waals surface area contributed by atoms with Crippen molar-refractivity contribution in [3.8, 4) is 0 Å². The molecule has 0 saturated carbocycles. The van der Waals surface area contributed by atoms with Gasteiger partial charge < -0.3 is 10.1 Å². The molecule has 2 heteroatoms. The van der Waals surface area contributed by atoms with Gasteiger partial charge in [0.05, 0.1) is 0 Å². The molecule has 0 radical (unpaired) electrons. The van der Waals surface area contributed by atoms with E-state index >= 15 is 0 Å². The predicted molar refractivity (Wildman–Crippen MR) is 36.6 cm³/mol. The van der Waals surface area contributed by atoms with Gasteiger partial charge in [-0.1, -0.05) is 13.8 Å². The number of ether oxygens (including phenoxy) is 1. The summed E-state index contributed by atoms with van der Waals surface area (Å²) in [7, 11) is 0. The number of hydrogen-bond acceptors (Lipinski definition) is 2. The van der Waals surface area contributed by atoms with E-state index < -0.39 is 0 Å². The van der Waals surface area contributed by atoms with E-state index in [1.54, 1.807) is 0 Å². The molecule has 0 bridgehead atoms. The molecule has 9 heavy (non-hydrogen) atoms. The third kappa shape index (κ3) is 1.37. The second kappa shape index (κ2) is 2.29. The summed E-state index contributed by atoms with van der Waals surface area (Å²) < 4.78 is 5.37. The third-order valence-electron chi connectivity index (χ3n) is 1.34. The van der Waals surface area contributed by atoms with Crippen LogP contribution in [0.1, 0.15) is 20.8 Å². The van der Waals surface area contributed by atoms with Crippen LogP contribution in [0.3, 0.4) is 0 Å². The smallest absolute Gasteiger partial charge is 0.166 e. The summed E-state index contributed by atoms with van der Waals surface area (Å²) in [6.07, 6.45) is 2.11. The molecule has 0 aliphatic carbocycles. The maximum absolute atomic E-state index is 5.37. The van der Waals surface area contributed by atoms with Gasteiger partial charge in [-0.25, -0.2) is 0 Å². The Morgan fingerprint density at radius 3 is 2.56 bits per heavy atom. The lowest BCUT2D eigenvalue weighted by Crippen LogP contribution is -2.15. The highest BCUT2D eigenvalue weighted by Gasteiger charge is 2.13. The highest BCUT2D eigenvalue weighted by atomic mass is 16.5. The fourth-order valence-electron chi connectivity index (χ4n) is 0.774. The molecule has 1 N–H and O–H groups in total. The summed E-state index contributed by atoms with van der Waals surface area (Å²) in [5.41, 5.74) is 0. The second-order valence-electron chi connectivity index (χ2n) is 2.63. The standard InChI is InChI=1S/C7H13NO/c1-5(2)7-4-8-6(3)9-7/h4-6,8H,1-3H3. The topological polar surface area (TPSA) is 21.3 Å². The Kier molecular flexibility index (Phi) is 1.65. The van der Waals surface area contributed by atoms with E-state index in [-0.39, 0.29) is 6.23 Å². The highest BCUT2D eigenvalue weighted by molar-refractivity contribution is 4.99. The van der Waals surface area contributed by atoms with Crippen molar-refractivity contribution >= 4 is 0 Å². The van der Waals surface area contributed by atoms with Gasteiger partial charge >= 0.3 is 0 Å². The van der Waals surface area contributed by atoms with Crippen molar-refractivity contribution in [1.29, 1.82) is 0 Å². The SMILES string of the molecule is CC1NC=C(C(C)C)O1. The zero-order valence-corrected chi connectivity index (χ0v) is 6.14.